The van der Waals surface area contributed by atoms with E-state index in [1.165, 1.54) is 0 Å². The lowest BCUT2D eigenvalue weighted by Crippen LogP contribution is -2.45. The topological polar surface area (TPSA) is 87.7 Å². The van der Waals surface area contributed by atoms with Gasteiger partial charge in [0.2, 0.25) is 11.8 Å². The maximum absolute atomic E-state index is 12.3. The molecule has 2 aromatic carbocycles. The van der Waals surface area contributed by atoms with Gasteiger partial charge in [0.15, 0.2) is 0 Å². The first kappa shape index (κ1) is 18.7. The van der Waals surface area contributed by atoms with Gasteiger partial charge in [-0.2, -0.15) is 0 Å². The quantitative estimate of drug-likeness (QED) is 0.787. The van der Waals surface area contributed by atoms with Gasteiger partial charge < -0.3 is 9.64 Å². The number of anilines is 1. The maximum Gasteiger partial charge on any atom is 0.271 e. The van der Waals surface area contributed by atoms with Crippen LogP contribution in [0.3, 0.4) is 0 Å². The highest BCUT2D eigenvalue weighted by Crippen LogP contribution is 2.26. The molecule has 0 unspecified atom stereocenters. The summed E-state index contributed by atoms with van der Waals surface area (Å²) in [5.74, 6) is -0.990. The molecule has 7 nitrogen and oxygen atoms in total. The minimum absolute atomic E-state index is 0.0693. The molecule has 1 saturated heterocycles. The Bertz CT molecular complexity index is 870. The van der Waals surface area contributed by atoms with E-state index in [2.05, 4.69) is 10.9 Å². The summed E-state index contributed by atoms with van der Waals surface area (Å²) in [5, 5.41) is 0.283. The second-order valence-corrected chi connectivity index (χ2v) is 6.43. The summed E-state index contributed by atoms with van der Waals surface area (Å²) in [6.45, 7) is 0.235. The number of amides is 3. The molecule has 0 bridgehead atoms. The molecule has 3 amide bonds. The Morgan fingerprint density at radius 2 is 1.81 bits per heavy atom. The van der Waals surface area contributed by atoms with Crippen molar-refractivity contribution in [3.05, 3.63) is 59.1 Å². The standard InChI is InChI=1S/C19H18ClN3O4/c1-27-14-8-6-13(7-9-14)23-11-12(10-17(23)24)18(25)21-22-19(26)15-4-2-3-5-16(15)20/h2-9,12H,10-11H2,1H3,(H,21,25)(H,22,26)/t12-/m1/s1. The fraction of sp³-hybridized carbons (Fsp3) is 0.211. The number of hydrazine groups is 1. The van der Waals surface area contributed by atoms with E-state index in [-0.39, 0.29) is 29.5 Å². The summed E-state index contributed by atoms with van der Waals surface area (Å²) in [6.07, 6.45) is 0.0693. The van der Waals surface area contributed by atoms with E-state index >= 15 is 0 Å². The van der Waals surface area contributed by atoms with Crippen LogP contribution in [0.5, 0.6) is 5.75 Å². The second kappa shape index (κ2) is 8.09. The molecule has 140 valence electrons. The van der Waals surface area contributed by atoms with E-state index in [1.54, 1.807) is 60.5 Å². The number of rotatable bonds is 4. The van der Waals surface area contributed by atoms with Gasteiger partial charge in [-0.25, -0.2) is 0 Å². The number of hydrogen-bond acceptors (Lipinski definition) is 4. The Morgan fingerprint density at radius 3 is 2.48 bits per heavy atom. The van der Waals surface area contributed by atoms with Crippen LogP contribution >= 0.6 is 11.6 Å². The minimum Gasteiger partial charge on any atom is -0.497 e. The smallest absolute Gasteiger partial charge is 0.271 e. The molecule has 2 aromatic rings. The fourth-order valence-corrected chi connectivity index (χ4v) is 3.05. The molecule has 0 saturated carbocycles. The Labute approximate surface area is 161 Å². The fourth-order valence-electron chi connectivity index (χ4n) is 2.83. The van der Waals surface area contributed by atoms with Crippen molar-refractivity contribution in [1.29, 1.82) is 0 Å². The molecule has 3 rings (SSSR count). The van der Waals surface area contributed by atoms with Crippen LogP contribution in [-0.4, -0.2) is 31.4 Å². The molecule has 1 atom stereocenters. The van der Waals surface area contributed by atoms with Crippen molar-refractivity contribution in [3.8, 4) is 5.75 Å². The molecule has 2 N–H and O–H groups in total. The lowest BCUT2D eigenvalue weighted by Gasteiger charge is -2.17. The average Bonchev–Trinajstić information content (AvgIpc) is 3.08. The zero-order valence-electron chi connectivity index (χ0n) is 14.6. The Morgan fingerprint density at radius 1 is 1.11 bits per heavy atom. The van der Waals surface area contributed by atoms with E-state index in [0.717, 1.165) is 0 Å². The van der Waals surface area contributed by atoms with Crippen molar-refractivity contribution in [2.75, 3.05) is 18.6 Å². The zero-order chi connectivity index (χ0) is 19.4. The highest BCUT2D eigenvalue weighted by atomic mass is 35.5. The molecule has 0 radical (unpaired) electrons. The monoisotopic (exact) mass is 387 g/mol. The molecule has 1 fully saturated rings. The van der Waals surface area contributed by atoms with Crippen molar-refractivity contribution in [1.82, 2.24) is 10.9 Å². The summed E-state index contributed by atoms with van der Waals surface area (Å²) < 4.78 is 5.10. The van der Waals surface area contributed by atoms with Gasteiger partial charge >= 0.3 is 0 Å². The van der Waals surface area contributed by atoms with Crippen LogP contribution in [0.4, 0.5) is 5.69 Å². The first-order valence-electron chi connectivity index (χ1n) is 8.28. The second-order valence-electron chi connectivity index (χ2n) is 6.03. The first-order chi connectivity index (χ1) is 13.0. The third kappa shape index (κ3) is 4.20. The number of ether oxygens (including phenoxy) is 1. The van der Waals surface area contributed by atoms with Gasteiger partial charge in [0.25, 0.3) is 5.91 Å². The average molecular weight is 388 g/mol. The van der Waals surface area contributed by atoms with E-state index < -0.39 is 17.7 Å². The third-order valence-corrected chi connectivity index (χ3v) is 4.63. The Kier molecular flexibility index (Phi) is 5.61. The summed E-state index contributed by atoms with van der Waals surface area (Å²) in [7, 11) is 1.56. The molecule has 1 aliphatic rings. The van der Waals surface area contributed by atoms with Crippen LogP contribution in [0.25, 0.3) is 0 Å². The molecule has 1 aliphatic heterocycles. The van der Waals surface area contributed by atoms with Crippen molar-refractivity contribution >= 4 is 35.0 Å². The van der Waals surface area contributed by atoms with Crippen LogP contribution in [0, 0.1) is 5.92 Å². The van der Waals surface area contributed by atoms with E-state index in [0.29, 0.717) is 11.4 Å². The van der Waals surface area contributed by atoms with Gasteiger partial charge in [-0.3, -0.25) is 25.2 Å². The van der Waals surface area contributed by atoms with Crippen LogP contribution < -0.4 is 20.5 Å². The maximum atomic E-state index is 12.3. The summed E-state index contributed by atoms with van der Waals surface area (Å²) in [5.41, 5.74) is 5.64. The highest BCUT2D eigenvalue weighted by Gasteiger charge is 2.35. The van der Waals surface area contributed by atoms with Crippen molar-refractivity contribution in [2.45, 2.75) is 6.42 Å². The SMILES string of the molecule is COc1ccc(N2C[C@H](C(=O)NNC(=O)c3ccccc3Cl)CC2=O)cc1. The molecular weight excluding hydrogens is 370 g/mol. The van der Waals surface area contributed by atoms with Crippen LogP contribution in [0.2, 0.25) is 5.02 Å². The molecule has 0 aromatic heterocycles. The number of nitrogens with zero attached hydrogens (tertiary/aromatic N) is 1. The van der Waals surface area contributed by atoms with Crippen LogP contribution in [0.15, 0.2) is 48.5 Å². The molecular formula is C19H18ClN3O4. The molecule has 27 heavy (non-hydrogen) atoms. The first-order valence-corrected chi connectivity index (χ1v) is 8.66. The number of benzene rings is 2. The van der Waals surface area contributed by atoms with Crippen molar-refractivity contribution in [3.63, 3.8) is 0 Å². The number of carbonyl (C=O) groups excluding carboxylic acids is 3. The van der Waals surface area contributed by atoms with Crippen LogP contribution in [-0.2, 0) is 9.59 Å². The lowest BCUT2D eigenvalue weighted by atomic mass is 10.1. The van der Waals surface area contributed by atoms with Gasteiger partial charge in [-0.05, 0) is 36.4 Å². The van der Waals surface area contributed by atoms with E-state index in [9.17, 15) is 14.4 Å². The molecule has 8 heteroatoms. The van der Waals surface area contributed by atoms with Gasteiger partial charge in [-0.1, -0.05) is 23.7 Å². The zero-order valence-corrected chi connectivity index (χ0v) is 15.3. The number of carbonyl (C=O) groups is 3. The minimum atomic E-state index is -0.564. The predicted octanol–water partition coefficient (Wildman–Crippen LogP) is 2.16. The van der Waals surface area contributed by atoms with Gasteiger partial charge in [0.05, 0.1) is 23.6 Å². The molecule has 0 aliphatic carbocycles. The number of methoxy groups -OCH3 is 1. The molecule has 1 heterocycles. The van der Waals surface area contributed by atoms with Crippen molar-refractivity contribution in [2.24, 2.45) is 5.92 Å². The highest BCUT2D eigenvalue weighted by molar-refractivity contribution is 6.33. The Balaban J connectivity index is 1.58. The predicted molar refractivity (Wildman–Crippen MR) is 101 cm³/mol. The van der Waals surface area contributed by atoms with Gasteiger partial charge in [-0.15, -0.1) is 0 Å². The van der Waals surface area contributed by atoms with E-state index in [4.69, 9.17) is 16.3 Å². The molecule has 0 spiro atoms. The normalized spacial score (nSPS) is 16.1. The number of nitrogens with one attached hydrogen (secondary N) is 2. The third-order valence-electron chi connectivity index (χ3n) is 4.30. The summed E-state index contributed by atoms with van der Waals surface area (Å²) >= 11 is 5.96. The Hall–Kier alpha value is -3.06. The lowest BCUT2D eigenvalue weighted by molar-refractivity contribution is -0.126. The van der Waals surface area contributed by atoms with E-state index in [1.807, 2.05) is 0 Å². The van der Waals surface area contributed by atoms with Crippen molar-refractivity contribution < 1.29 is 19.1 Å². The summed E-state index contributed by atoms with van der Waals surface area (Å²) in [6, 6.07) is 13.5. The summed E-state index contributed by atoms with van der Waals surface area (Å²) in [4.78, 5) is 38.2. The number of hydrogen-bond donors (Lipinski definition) is 2. The van der Waals surface area contributed by atoms with Crippen LogP contribution in [0.1, 0.15) is 16.8 Å². The van der Waals surface area contributed by atoms with Gasteiger partial charge in [0, 0.05) is 18.7 Å². The number of halogens is 1. The largest absolute Gasteiger partial charge is 0.497 e. The van der Waals surface area contributed by atoms with Gasteiger partial charge in [0.1, 0.15) is 5.75 Å².